The molecule has 0 bridgehead atoms. The average molecular weight is 473 g/mol. The molecule has 0 spiro atoms. The van der Waals surface area contributed by atoms with Crippen molar-refractivity contribution in [1.82, 2.24) is 20.9 Å². The lowest BCUT2D eigenvalue weighted by atomic mass is 9.81. The summed E-state index contributed by atoms with van der Waals surface area (Å²) in [5.74, 6) is -0.468. The number of amides is 3. The van der Waals surface area contributed by atoms with Crippen molar-refractivity contribution in [1.29, 1.82) is 0 Å². The van der Waals surface area contributed by atoms with Crippen molar-refractivity contribution in [3.8, 4) is 0 Å². The van der Waals surface area contributed by atoms with Gasteiger partial charge in [0.15, 0.2) is 0 Å². The second-order valence-electron chi connectivity index (χ2n) is 9.50. The first-order valence-corrected chi connectivity index (χ1v) is 13.0. The Morgan fingerprint density at radius 1 is 1.09 bits per heavy atom. The van der Waals surface area contributed by atoms with Gasteiger partial charge in [-0.05, 0) is 56.7 Å². The molecular weight excluding hydrogens is 428 g/mol. The van der Waals surface area contributed by atoms with Crippen LogP contribution in [0.15, 0.2) is 30.3 Å². The quantitative estimate of drug-likeness (QED) is 0.342. The number of aryl methyl sites for hydroxylation is 1. The number of nitrogens with zero attached hydrogens (tertiary/aromatic N) is 1. The van der Waals surface area contributed by atoms with Crippen molar-refractivity contribution >= 4 is 17.7 Å². The van der Waals surface area contributed by atoms with E-state index in [9.17, 15) is 14.4 Å². The van der Waals surface area contributed by atoms with E-state index in [0.717, 1.165) is 44.3 Å². The predicted octanol–water partition coefficient (Wildman–Crippen LogP) is 3.04. The maximum atomic E-state index is 13.7. The van der Waals surface area contributed by atoms with Crippen molar-refractivity contribution in [2.75, 3.05) is 26.2 Å². The van der Waals surface area contributed by atoms with Crippen LogP contribution in [0.3, 0.4) is 0 Å². The fraction of sp³-hybridized carbons (Fsp3) is 0.667. The van der Waals surface area contributed by atoms with Crippen molar-refractivity contribution in [3.63, 3.8) is 0 Å². The van der Waals surface area contributed by atoms with Gasteiger partial charge in [0.05, 0.1) is 0 Å². The normalized spacial score (nSPS) is 19.6. The molecule has 1 aliphatic rings. The molecule has 1 heterocycles. The van der Waals surface area contributed by atoms with Crippen LogP contribution in [-0.4, -0.2) is 60.4 Å². The van der Waals surface area contributed by atoms with Crippen LogP contribution >= 0.6 is 0 Å². The van der Waals surface area contributed by atoms with Gasteiger partial charge < -0.3 is 20.9 Å². The molecule has 3 amide bonds. The highest BCUT2D eigenvalue weighted by Gasteiger charge is 2.52. The van der Waals surface area contributed by atoms with Gasteiger partial charge in [-0.15, -0.1) is 0 Å². The smallest absolute Gasteiger partial charge is 0.249 e. The number of benzene rings is 1. The van der Waals surface area contributed by atoms with Gasteiger partial charge in [0.1, 0.15) is 11.6 Å². The number of likely N-dealkylation sites (tertiary alicyclic amines) is 1. The summed E-state index contributed by atoms with van der Waals surface area (Å²) < 4.78 is 0. The van der Waals surface area contributed by atoms with Crippen molar-refractivity contribution in [2.45, 2.75) is 84.2 Å². The highest BCUT2D eigenvalue weighted by Crippen LogP contribution is 2.34. The molecule has 1 aromatic carbocycles. The monoisotopic (exact) mass is 472 g/mol. The highest BCUT2D eigenvalue weighted by molar-refractivity contribution is 5.96. The first-order valence-electron chi connectivity index (χ1n) is 13.0. The van der Waals surface area contributed by atoms with Gasteiger partial charge in [0, 0.05) is 20.0 Å². The van der Waals surface area contributed by atoms with E-state index in [1.807, 2.05) is 44.2 Å². The standard InChI is InChI=1S/C27H44N4O3/c1-5-7-17-28-18-11-19-29-25(33)24(15-14-23-12-9-8-10-13-23)31-20-16-27(26(31)34,21(3)6-2)30-22(4)32/h8-10,12-13,21,24,28H,5-7,11,14-20H2,1-4H3,(H,29,33)(H,30,32)/t21-,24-,27-/m0/s1. The molecule has 3 N–H and O–H groups in total. The first-order chi connectivity index (χ1) is 16.4. The molecule has 7 nitrogen and oxygen atoms in total. The van der Waals surface area contributed by atoms with E-state index in [0.29, 0.717) is 32.4 Å². The Morgan fingerprint density at radius 3 is 2.44 bits per heavy atom. The maximum absolute atomic E-state index is 13.7. The lowest BCUT2D eigenvalue weighted by Crippen LogP contribution is -2.59. The van der Waals surface area contributed by atoms with E-state index >= 15 is 0 Å². The minimum atomic E-state index is -0.935. The van der Waals surface area contributed by atoms with Crippen LogP contribution in [0.5, 0.6) is 0 Å². The summed E-state index contributed by atoms with van der Waals surface area (Å²) >= 11 is 0. The second-order valence-corrected chi connectivity index (χ2v) is 9.50. The number of nitrogens with one attached hydrogen (secondary N) is 3. The van der Waals surface area contributed by atoms with E-state index in [4.69, 9.17) is 0 Å². The summed E-state index contributed by atoms with van der Waals surface area (Å²) in [5, 5.41) is 9.41. The Balaban J connectivity index is 2.11. The fourth-order valence-electron chi connectivity index (χ4n) is 4.76. The Morgan fingerprint density at radius 2 is 1.79 bits per heavy atom. The highest BCUT2D eigenvalue weighted by atomic mass is 16.2. The summed E-state index contributed by atoms with van der Waals surface area (Å²) in [5.41, 5.74) is 0.205. The zero-order valence-corrected chi connectivity index (χ0v) is 21.5. The van der Waals surface area contributed by atoms with E-state index in [1.165, 1.54) is 6.92 Å². The van der Waals surface area contributed by atoms with E-state index in [2.05, 4.69) is 22.9 Å². The fourth-order valence-corrected chi connectivity index (χ4v) is 4.76. The molecule has 2 rings (SSSR count). The third-order valence-electron chi connectivity index (χ3n) is 7.01. The molecule has 1 fully saturated rings. The molecule has 0 saturated carbocycles. The number of rotatable bonds is 15. The summed E-state index contributed by atoms with van der Waals surface area (Å²) in [7, 11) is 0. The number of hydrogen-bond acceptors (Lipinski definition) is 4. The molecule has 0 aromatic heterocycles. The van der Waals surface area contributed by atoms with Crippen molar-refractivity contribution in [2.24, 2.45) is 5.92 Å². The summed E-state index contributed by atoms with van der Waals surface area (Å²) in [4.78, 5) is 40.7. The number of carbonyl (C=O) groups excluding carboxylic acids is 3. The Hall–Kier alpha value is -2.41. The van der Waals surface area contributed by atoms with E-state index in [-0.39, 0.29) is 23.6 Å². The van der Waals surface area contributed by atoms with Gasteiger partial charge in [-0.1, -0.05) is 63.9 Å². The molecule has 0 unspecified atom stereocenters. The predicted molar refractivity (Wildman–Crippen MR) is 136 cm³/mol. The topological polar surface area (TPSA) is 90.5 Å². The van der Waals surface area contributed by atoms with Crippen molar-refractivity contribution in [3.05, 3.63) is 35.9 Å². The van der Waals surface area contributed by atoms with Crippen LogP contribution in [0.4, 0.5) is 0 Å². The van der Waals surface area contributed by atoms with Crippen LogP contribution < -0.4 is 16.0 Å². The molecule has 3 atom stereocenters. The largest absolute Gasteiger partial charge is 0.354 e. The molecule has 190 valence electrons. The summed E-state index contributed by atoms with van der Waals surface area (Å²) in [6.07, 6.45) is 5.70. The van der Waals surface area contributed by atoms with Crippen molar-refractivity contribution < 1.29 is 14.4 Å². The lowest BCUT2D eigenvalue weighted by molar-refractivity contribution is -0.144. The van der Waals surface area contributed by atoms with Gasteiger partial charge in [-0.3, -0.25) is 14.4 Å². The zero-order valence-electron chi connectivity index (χ0n) is 21.5. The molecule has 7 heteroatoms. The molecule has 34 heavy (non-hydrogen) atoms. The minimum absolute atomic E-state index is 0.0130. The minimum Gasteiger partial charge on any atom is -0.354 e. The second kappa shape index (κ2) is 14.1. The Kier molecular flexibility index (Phi) is 11.5. The molecule has 0 aliphatic carbocycles. The van der Waals surface area contributed by atoms with Gasteiger partial charge >= 0.3 is 0 Å². The lowest BCUT2D eigenvalue weighted by Gasteiger charge is -2.35. The van der Waals surface area contributed by atoms with Gasteiger partial charge in [0.2, 0.25) is 17.7 Å². The summed E-state index contributed by atoms with van der Waals surface area (Å²) in [6.45, 7) is 10.5. The maximum Gasteiger partial charge on any atom is 0.249 e. The zero-order chi connectivity index (χ0) is 25.0. The van der Waals surface area contributed by atoms with Crippen LogP contribution in [0, 0.1) is 5.92 Å². The van der Waals surface area contributed by atoms with Crippen LogP contribution in [0.1, 0.15) is 71.8 Å². The molecule has 1 saturated heterocycles. The summed E-state index contributed by atoms with van der Waals surface area (Å²) in [6, 6.07) is 9.48. The van der Waals surface area contributed by atoms with Gasteiger partial charge in [-0.2, -0.15) is 0 Å². The third-order valence-corrected chi connectivity index (χ3v) is 7.01. The third kappa shape index (κ3) is 7.55. The first kappa shape index (κ1) is 27.8. The number of hydrogen-bond donors (Lipinski definition) is 3. The van der Waals surface area contributed by atoms with Gasteiger partial charge in [0.25, 0.3) is 0 Å². The Labute approximate surface area is 205 Å². The van der Waals surface area contributed by atoms with Crippen LogP contribution in [-0.2, 0) is 20.8 Å². The van der Waals surface area contributed by atoms with E-state index in [1.54, 1.807) is 4.90 Å². The van der Waals surface area contributed by atoms with E-state index < -0.39 is 11.6 Å². The van der Waals surface area contributed by atoms with Gasteiger partial charge in [-0.25, -0.2) is 0 Å². The SMILES string of the molecule is CCCCNCCCNC(=O)[C@H](CCc1ccccc1)N1CC[C@](NC(C)=O)([C@@H](C)CC)C1=O. The molecule has 1 aromatic rings. The molecule has 0 radical (unpaired) electrons. The molecule has 1 aliphatic heterocycles. The Bertz CT molecular complexity index is 785. The molecular formula is C27H44N4O3. The van der Waals surface area contributed by atoms with Crippen LogP contribution in [0.2, 0.25) is 0 Å². The number of unbranched alkanes of at least 4 members (excludes halogenated alkanes) is 1. The number of carbonyl (C=O) groups is 3. The van der Waals surface area contributed by atoms with Crippen LogP contribution in [0.25, 0.3) is 0 Å². The average Bonchev–Trinajstić information content (AvgIpc) is 3.15.